The number of hydrogen-bond acceptors (Lipinski definition) is 2. The summed E-state index contributed by atoms with van der Waals surface area (Å²) in [7, 11) is 0. The number of carbonyl (C=O) groups excluding carboxylic acids is 1. The highest BCUT2D eigenvalue weighted by atomic mass is 19.3. The number of alkyl halides is 2. The molecule has 2 saturated heterocycles. The van der Waals surface area contributed by atoms with Gasteiger partial charge in [-0.25, -0.2) is 8.78 Å². The minimum absolute atomic E-state index is 0.163. The molecule has 0 N–H and O–H groups in total. The van der Waals surface area contributed by atoms with Gasteiger partial charge in [0.15, 0.2) is 6.23 Å². The molecular formula is C15H15F2NO2. The molecule has 1 aromatic rings. The zero-order chi connectivity index (χ0) is 13.9. The van der Waals surface area contributed by atoms with Crippen molar-refractivity contribution in [1.82, 2.24) is 4.90 Å². The lowest BCUT2D eigenvalue weighted by Gasteiger charge is -2.25. The summed E-state index contributed by atoms with van der Waals surface area (Å²) in [6.07, 6.45) is -0.895. The van der Waals surface area contributed by atoms with Crippen molar-refractivity contribution in [3.8, 4) is 0 Å². The largest absolute Gasteiger partial charge is 0.352 e. The highest BCUT2D eigenvalue weighted by Gasteiger charge is 2.62. The molecule has 0 unspecified atom stereocenters. The van der Waals surface area contributed by atoms with Crippen molar-refractivity contribution < 1.29 is 18.3 Å². The Bertz CT molecular complexity index is 548. The quantitative estimate of drug-likeness (QED) is 0.791. The van der Waals surface area contributed by atoms with Crippen molar-refractivity contribution in [3.63, 3.8) is 0 Å². The first-order valence-electron chi connectivity index (χ1n) is 6.93. The highest BCUT2D eigenvalue weighted by molar-refractivity contribution is 5.83. The third-order valence-electron chi connectivity index (χ3n) is 4.76. The third-order valence-corrected chi connectivity index (χ3v) is 4.76. The Kier molecular flexibility index (Phi) is 2.46. The van der Waals surface area contributed by atoms with Crippen LogP contribution in [0.15, 0.2) is 30.3 Å². The number of halogens is 2. The molecule has 4 atom stereocenters. The van der Waals surface area contributed by atoms with E-state index in [0.29, 0.717) is 6.61 Å². The first-order valence-corrected chi connectivity index (χ1v) is 6.93. The first-order chi connectivity index (χ1) is 9.57. The van der Waals surface area contributed by atoms with Crippen LogP contribution in [-0.2, 0) is 9.53 Å². The minimum atomic E-state index is -2.69. The smallest absolute Gasteiger partial charge is 0.249 e. The van der Waals surface area contributed by atoms with E-state index in [1.165, 1.54) is 0 Å². The number of fused-ring (bicyclic) bond motifs is 3. The van der Waals surface area contributed by atoms with Gasteiger partial charge in [-0.05, 0) is 5.92 Å². The van der Waals surface area contributed by atoms with Crippen LogP contribution >= 0.6 is 0 Å². The van der Waals surface area contributed by atoms with Crippen LogP contribution in [0.5, 0.6) is 0 Å². The molecule has 4 rings (SSSR count). The zero-order valence-corrected chi connectivity index (χ0v) is 10.8. The number of rotatable bonds is 1. The standard InChI is InChI=1S/C15H15F2NO2/c16-15(17)6-10-11(7-15)13(19)18-12(10)8-20-14(18)9-4-2-1-3-5-9/h1-5,10-12,14H,6-8H2/t10-,11+,12+,14-/m0/s1. The maximum atomic E-state index is 13.5. The second-order valence-corrected chi connectivity index (χ2v) is 5.94. The first kappa shape index (κ1) is 12.3. The van der Waals surface area contributed by atoms with Gasteiger partial charge in [0.25, 0.3) is 0 Å². The third kappa shape index (κ3) is 1.62. The fourth-order valence-corrected chi connectivity index (χ4v) is 3.92. The van der Waals surface area contributed by atoms with Crippen LogP contribution in [0.4, 0.5) is 8.78 Å². The lowest BCUT2D eigenvalue weighted by atomic mass is 9.94. The lowest BCUT2D eigenvalue weighted by molar-refractivity contribution is -0.139. The predicted molar refractivity (Wildman–Crippen MR) is 66.9 cm³/mol. The second kappa shape index (κ2) is 4.01. The van der Waals surface area contributed by atoms with E-state index in [4.69, 9.17) is 4.74 Å². The summed E-state index contributed by atoms with van der Waals surface area (Å²) in [5, 5.41) is 0. The minimum Gasteiger partial charge on any atom is -0.352 e. The number of carbonyl (C=O) groups is 1. The van der Waals surface area contributed by atoms with Gasteiger partial charge in [0.2, 0.25) is 11.8 Å². The molecule has 0 bridgehead atoms. The maximum absolute atomic E-state index is 13.5. The summed E-state index contributed by atoms with van der Waals surface area (Å²) in [6.45, 7) is 0.364. The van der Waals surface area contributed by atoms with E-state index in [2.05, 4.69) is 0 Å². The van der Waals surface area contributed by atoms with Crippen molar-refractivity contribution in [2.45, 2.75) is 31.0 Å². The summed E-state index contributed by atoms with van der Waals surface area (Å²) < 4.78 is 32.7. The molecular weight excluding hydrogens is 264 g/mol. The van der Waals surface area contributed by atoms with Crippen LogP contribution in [0.2, 0.25) is 0 Å². The van der Waals surface area contributed by atoms with Gasteiger partial charge >= 0.3 is 0 Å². The Morgan fingerprint density at radius 2 is 1.95 bits per heavy atom. The van der Waals surface area contributed by atoms with Crippen LogP contribution in [-0.4, -0.2) is 29.4 Å². The summed E-state index contributed by atoms with van der Waals surface area (Å²) in [4.78, 5) is 14.1. The number of hydrogen-bond donors (Lipinski definition) is 0. The topological polar surface area (TPSA) is 29.5 Å². The molecule has 3 nitrogen and oxygen atoms in total. The van der Waals surface area contributed by atoms with Gasteiger partial charge in [0, 0.05) is 24.3 Å². The molecule has 3 fully saturated rings. The van der Waals surface area contributed by atoms with E-state index < -0.39 is 18.1 Å². The SMILES string of the molecule is O=C1[C@@H]2CC(F)(F)C[C@@H]2[C@H]2CO[C@@H](c3ccccc3)N12. The lowest BCUT2D eigenvalue weighted by Crippen LogP contribution is -2.35. The number of amides is 1. The Morgan fingerprint density at radius 3 is 2.70 bits per heavy atom. The molecule has 2 aliphatic heterocycles. The van der Waals surface area contributed by atoms with E-state index in [1.807, 2.05) is 30.3 Å². The van der Waals surface area contributed by atoms with Crippen LogP contribution in [0.3, 0.4) is 0 Å². The molecule has 1 aliphatic carbocycles. The van der Waals surface area contributed by atoms with Crippen molar-refractivity contribution in [2.75, 3.05) is 6.61 Å². The fourth-order valence-electron chi connectivity index (χ4n) is 3.92. The normalized spacial score (nSPS) is 38.1. The molecule has 106 valence electrons. The van der Waals surface area contributed by atoms with E-state index in [9.17, 15) is 13.6 Å². The summed E-state index contributed by atoms with van der Waals surface area (Å²) in [6, 6.07) is 9.30. The summed E-state index contributed by atoms with van der Waals surface area (Å²) in [5.41, 5.74) is 0.912. The predicted octanol–water partition coefficient (Wildman–Crippen LogP) is 2.59. The molecule has 0 radical (unpaired) electrons. The maximum Gasteiger partial charge on any atom is 0.249 e. The molecule has 3 aliphatic rings. The van der Waals surface area contributed by atoms with Crippen LogP contribution < -0.4 is 0 Å². The van der Waals surface area contributed by atoms with Gasteiger partial charge in [-0.15, -0.1) is 0 Å². The average Bonchev–Trinajstić information content (AvgIpc) is 3.04. The van der Waals surface area contributed by atoms with Crippen LogP contribution in [0.25, 0.3) is 0 Å². The van der Waals surface area contributed by atoms with E-state index in [1.54, 1.807) is 4.90 Å². The molecule has 20 heavy (non-hydrogen) atoms. The van der Waals surface area contributed by atoms with Crippen molar-refractivity contribution in [3.05, 3.63) is 35.9 Å². The van der Waals surface area contributed by atoms with Crippen LogP contribution in [0, 0.1) is 11.8 Å². The highest BCUT2D eigenvalue weighted by Crippen LogP contribution is 2.54. The molecule has 2 heterocycles. The molecule has 1 saturated carbocycles. The Morgan fingerprint density at radius 1 is 1.20 bits per heavy atom. The van der Waals surface area contributed by atoms with Gasteiger partial charge < -0.3 is 9.64 Å². The molecule has 5 heteroatoms. The Hall–Kier alpha value is -1.49. The van der Waals surface area contributed by atoms with Gasteiger partial charge in [0.05, 0.1) is 12.6 Å². The Labute approximate surface area is 115 Å². The number of benzene rings is 1. The summed E-state index contributed by atoms with van der Waals surface area (Å²) >= 11 is 0. The van der Waals surface area contributed by atoms with Crippen LogP contribution in [0.1, 0.15) is 24.6 Å². The zero-order valence-electron chi connectivity index (χ0n) is 10.8. The van der Waals surface area contributed by atoms with Crippen molar-refractivity contribution in [1.29, 1.82) is 0 Å². The van der Waals surface area contributed by atoms with Gasteiger partial charge in [-0.2, -0.15) is 0 Å². The fraction of sp³-hybridized carbons (Fsp3) is 0.533. The van der Waals surface area contributed by atoms with Gasteiger partial charge in [-0.3, -0.25) is 4.79 Å². The van der Waals surface area contributed by atoms with Gasteiger partial charge in [-0.1, -0.05) is 30.3 Å². The number of ether oxygens (including phenoxy) is 1. The van der Waals surface area contributed by atoms with Gasteiger partial charge in [0.1, 0.15) is 0 Å². The summed E-state index contributed by atoms with van der Waals surface area (Å²) in [5.74, 6) is -3.64. The average molecular weight is 279 g/mol. The molecule has 0 spiro atoms. The second-order valence-electron chi connectivity index (χ2n) is 5.94. The van der Waals surface area contributed by atoms with E-state index >= 15 is 0 Å². The van der Waals surface area contributed by atoms with E-state index in [-0.39, 0.29) is 30.7 Å². The monoisotopic (exact) mass is 279 g/mol. The van der Waals surface area contributed by atoms with E-state index in [0.717, 1.165) is 5.56 Å². The molecule has 1 aromatic carbocycles. The Balaban J connectivity index is 1.65. The molecule has 1 amide bonds. The molecule has 0 aromatic heterocycles. The van der Waals surface area contributed by atoms with Crippen molar-refractivity contribution in [2.24, 2.45) is 11.8 Å². The number of nitrogens with zero attached hydrogens (tertiary/aromatic N) is 1. The van der Waals surface area contributed by atoms with Crippen molar-refractivity contribution >= 4 is 5.91 Å².